The first kappa shape index (κ1) is 9.33. The van der Waals surface area contributed by atoms with Gasteiger partial charge in [0.05, 0.1) is 6.26 Å². The summed E-state index contributed by atoms with van der Waals surface area (Å²) in [5.41, 5.74) is 0. The maximum atomic E-state index is 5.25. The van der Waals surface area contributed by atoms with E-state index in [0.29, 0.717) is 6.04 Å². The predicted molar refractivity (Wildman–Crippen MR) is 50.2 cm³/mol. The third-order valence-electron chi connectivity index (χ3n) is 2.27. The number of furan rings is 1. The molecule has 68 valence electrons. The fraction of sp³-hybridized carbons (Fsp3) is 0.600. The average molecular weight is 167 g/mol. The summed E-state index contributed by atoms with van der Waals surface area (Å²) < 4.78 is 5.25. The van der Waals surface area contributed by atoms with Gasteiger partial charge in [0.15, 0.2) is 0 Å². The minimum Gasteiger partial charge on any atom is -0.469 e. The van der Waals surface area contributed by atoms with Crippen LogP contribution in [0.25, 0.3) is 0 Å². The molecular formula is C10H17NO. The molecule has 2 heteroatoms. The highest BCUT2D eigenvalue weighted by Gasteiger charge is 2.05. The minimum atomic E-state index is 0.620. The van der Waals surface area contributed by atoms with E-state index in [1.165, 1.54) is 0 Å². The van der Waals surface area contributed by atoms with Gasteiger partial charge in [-0.1, -0.05) is 0 Å². The maximum absolute atomic E-state index is 5.25. The Morgan fingerprint density at radius 2 is 2.25 bits per heavy atom. The van der Waals surface area contributed by atoms with Crippen LogP contribution in [-0.2, 0) is 6.42 Å². The summed E-state index contributed by atoms with van der Waals surface area (Å²) in [7, 11) is 4.21. The Hall–Kier alpha value is -0.760. The lowest BCUT2D eigenvalue weighted by Gasteiger charge is -2.18. The zero-order chi connectivity index (χ0) is 8.97. The molecule has 0 aliphatic rings. The van der Waals surface area contributed by atoms with Crippen molar-refractivity contribution in [1.82, 2.24) is 4.90 Å². The van der Waals surface area contributed by atoms with Crippen LogP contribution >= 0.6 is 0 Å². The minimum absolute atomic E-state index is 0.620. The molecule has 0 fully saturated rings. The van der Waals surface area contributed by atoms with Crippen LogP contribution in [0.2, 0.25) is 0 Å². The molecule has 1 atom stereocenters. The summed E-state index contributed by atoms with van der Waals surface area (Å²) in [5, 5.41) is 0. The molecule has 2 nitrogen and oxygen atoms in total. The van der Waals surface area contributed by atoms with Gasteiger partial charge in [-0.3, -0.25) is 0 Å². The molecule has 0 N–H and O–H groups in total. The maximum Gasteiger partial charge on any atom is 0.103 e. The lowest BCUT2D eigenvalue weighted by Crippen LogP contribution is -2.24. The largest absolute Gasteiger partial charge is 0.469 e. The molecule has 12 heavy (non-hydrogen) atoms. The summed E-state index contributed by atoms with van der Waals surface area (Å²) in [6, 6.07) is 4.59. The van der Waals surface area contributed by atoms with Gasteiger partial charge in [0, 0.05) is 12.5 Å². The van der Waals surface area contributed by atoms with E-state index in [1.807, 2.05) is 12.1 Å². The van der Waals surface area contributed by atoms with Gasteiger partial charge in [0.2, 0.25) is 0 Å². The Bertz CT molecular complexity index is 204. The van der Waals surface area contributed by atoms with Crippen molar-refractivity contribution in [3.8, 4) is 0 Å². The lowest BCUT2D eigenvalue weighted by molar-refractivity contribution is 0.293. The molecule has 0 radical (unpaired) electrons. The van der Waals surface area contributed by atoms with Gasteiger partial charge in [0.1, 0.15) is 5.76 Å². The van der Waals surface area contributed by atoms with Gasteiger partial charge in [-0.25, -0.2) is 0 Å². The molecule has 0 aromatic carbocycles. The second-order valence-corrected chi connectivity index (χ2v) is 3.43. The van der Waals surface area contributed by atoms with E-state index in [4.69, 9.17) is 4.42 Å². The predicted octanol–water partition coefficient (Wildman–Crippen LogP) is 2.16. The van der Waals surface area contributed by atoms with Gasteiger partial charge >= 0.3 is 0 Å². The molecule has 1 aromatic heterocycles. The molecule has 0 spiro atoms. The van der Waals surface area contributed by atoms with Crippen molar-refractivity contribution in [2.75, 3.05) is 14.1 Å². The highest BCUT2D eigenvalue weighted by atomic mass is 16.3. The molecule has 0 saturated heterocycles. The van der Waals surface area contributed by atoms with Crippen LogP contribution in [0.15, 0.2) is 22.8 Å². The second-order valence-electron chi connectivity index (χ2n) is 3.43. The zero-order valence-corrected chi connectivity index (χ0v) is 8.08. The first-order valence-corrected chi connectivity index (χ1v) is 4.39. The Balaban J connectivity index is 2.27. The van der Waals surface area contributed by atoms with Crippen molar-refractivity contribution in [1.29, 1.82) is 0 Å². The third kappa shape index (κ3) is 2.70. The van der Waals surface area contributed by atoms with E-state index in [0.717, 1.165) is 18.6 Å². The van der Waals surface area contributed by atoms with Gasteiger partial charge in [-0.05, 0) is 39.6 Å². The highest BCUT2D eigenvalue weighted by Crippen LogP contribution is 2.07. The van der Waals surface area contributed by atoms with E-state index in [-0.39, 0.29) is 0 Å². The molecule has 0 amide bonds. The van der Waals surface area contributed by atoms with Crippen molar-refractivity contribution < 1.29 is 4.42 Å². The molecular weight excluding hydrogens is 150 g/mol. The van der Waals surface area contributed by atoms with Crippen LogP contribution in [0.3, 0.4) is 0 Å². The molecule has 0 saturated carbocycles. The topological polar surface area (TPSA) is 16.4 Å². The fourth-order valence-electron chi connectivity index (χ4n) is 1.06. The van der Waals surface area contributed by atoms with Gasteiger partial charge < -0.3 is 9.32 Å². The van der Waals surface area contributed by atoms with Crippen LogP contribution in [0.1, 0.15) is 19.1 Å². The van der Waals surface area contributed by atoms with E-state index < -0.39 is 0 Å². The highest BCUT2D eigenvalue weighted by molar-refractivity contribution is 4.98. The van der Waals surface area contributed by atoms with Crippen molar-refractivity contribution in [2.45, 2.75) is 25.8 Å². The molecule has 1 unspecified atom stereocenters. The summed E-state index contributed by atoms with van der Waals surface area (Å²) in [4.78, 5) is 2.23. The molecule has 0 bridgehead atoms. The third-order valence-corrected chi connectivity index (χ3v) is 2.27. The lowest BCUT2D eigenvalue weighted by atomic mass is 10.1. The van der Waals surface area contributed by atoms with Crippen molar-refractivity contribution >= 4 is 0 Å². The standard InChI is InChI=1S/C10H17NO/c1-9(11(2)3)6-7-10-5-4-8-12-10/h4-5,8-9H,6-7H2,1-3H3. The van der Waals surface area contributed by atoms with E-state index >= 15 is 0 Å². The van der Waals surface area contributed by atoms with E-state index in [9.17, 15) is 0 Å². The summed E-state index contributed by atoms with van der Waals surface area (Å²) in [5.74, 6) is 1.09. The molecule has 1 aromatic rings. The van der Waals surface area contributed by atoms with Crippen LogP contribution in [-0.4, -0.2) is 25.0 Å². The summed E-state index contributed by atoms with van der Waals surface area (Å²) >= 11 is 0. The quantitative estimate of drug-likeness (QED) is 0.683. The summed E-state index contributed by atoms with van der Waals surface area (Å²) in [6.07, 6.45) is 3.92. The molecule has 1 rings (SSSR count). The van der Waals surface area contributed by atoms with Crippen LogP contribution in [0.4, 0.5) is 0 Å². The number of hydrogen-bond donors (Lipinski definition) is 0. The number of rotatable bonds is 4. The first-order chi connectivity index (χ1) is 5.70. The fourth-order valence-corrected chi connectivity index (χ4v) is 1.06. The van der Waals surface area contributed by atoms with Crippen molar-refractivity contribution in [3.05, 3.63) is 24.2 Å². The normalized spacial score (nSPS) is 13.7. The Morgan fingerprint density at radius 3 is 2.75 bits per heavy atom. The summed E-state index contributed by atoms with van der Waals surface area (Å²) in [6.45, 7) is 2.23. The smallest absolute Gasteiger partial charge is 0.103 e. The monoisotopic (exact) mass is 167 g/mol. The SMILES string of the molecule is CC(CCc1ccco1)N(C)C. The Kier molecular flexibility index (Phi) is 3.35. The van der Waals surface area contributed by atoms with Crippen LogP contribution < -0.4 is 0 Å². The number of hydrogen-bond acceptors (Lipinski definition) is 2. The van der Waals surface area contributed by atoms with E-state index in [1.54, 1.807) is 6.26 Å². The van der Waals surface area contributed by atoms with Crippen molar-refractivity contribution in [3.63, 3.8) is 0 Å². The van der Waals surface area contributed by atoms with Gasteiger partial charge in [-0.15, -0.1) is 0 Å². The van der Waals surface area contributed by atoms with Gasteiger partial charge in [-0.2, -0.15) is 0 Å². The molecule has 0 aliphatic carbocycles. The first-order valence-electron chi connectivity index (χ1n) is 4.39. The Labute approximate surface area is 74.2 Å². The number of aryl methyl sites for hydroxylation is 1. The molecule has 0 aliphatic heterocycles. The second kappa shape index (κ2) is 4.31. The Morgan fingerprint density at radius 1 is 1.50 bits per heavy atom. The average Bonchev–Trinajstić information content (AvgIpc) is 2.51. The van der Waals surface area contributed by atoms with Crippen LogP contribution in [0, 0.1) is 0 Å². The van der Waals surface area contributed by atoms with Crippen LogP contribution in [0.5, 0.6) is 0 Å². The van der Waals surface area contributed by atoms with Gasteiger partial charge in [0.25, 0.3) is 0 Å². The van der Waals surface area contributed by atoms with E-state index in [2.05, 4.69) is 25.9 Å². The zero-order valence-electron chi connectivity index (χ0n) is 8.08. The molecule has 1 heterocycles. The van der Waals surface area contributed by atoms with Crippen molar-refractivity contribution in [2.24, 2.45) is 0 Å². The number of nitrogens with zero attached hydrogens (tertiary/aromatic N) is 1.